The van der Waals surface area contributed by atoms with E-state index < -0.39 is 5.91 Å². The summed E-state index contributed by atoms with van der Waals surface area (Å²) in [5, 5.41) is 0. The number of nitrogens with two attached hydrogens (primary N) is 2. The summed E-state index contributed by atoms with van der Waals surface area (Å²) in [6.07, 6.45) is 1.53. The second-order valence-corrected chi connectivity index (χ2v) is 3.18. The number of amides is 1. The van der Waals surface area contributed by atoms with Gasteiger partial charge in [0.25, 0.3) is 5.91 Å². The average molecular weight is 208 g/mol. The predicted molar refractivity (Wildman–Crippen MR) is 60.7 cm³/mol. The Labute approximate surface area is 89.1 Å². The smallest absolute Gasteiger partial charge is 0.252 e. The maximum absolute atomic E-state index is 11.2. The van der Waals surface area contributed by atoms with Crippen molar-refractivity contribution in [1.29, 1.82) is 0 Å². The first-order chi connectivity index (χ1) is 7.10. The highest BCUT2D eigenvalue weighted by molar-refractivity contribution is 5.98. The number of aromatic nitrogens is 1. The Kier molecular flexibility index (Phi) is 3.49. The van der Waals surface area contributed by atoms with Crippen LogP contribution in [0, 0.1) is 0 Å². The molecule has 82 valence electrons. The molecule has 1 amide bonds. The molecule has 0 aliphatic rings. The van der Waals surface area contributed by atoms with E-state index in [4.69, 9.17) is 11.5 Å². The molecule has 5 nitrogen and oxygen atoms in total. The number of pyridine rings is 1. The molecular formula is C10H16N4O. The third kappa shape index (κ3) is 2.37. The van der Waals surface area contributed by atoms with Crippen molar-refractivity contribution in [1.82, 2.24) is 4.98 Å². The van der Waals surface area contributed by atoms with Crippen LogP contribution >= 0.6 is 0 Å². The number of anilines is 2. The van der Waals surface area contributed by atoms with E-state index in [9.17, 15) is 4.79 Å². The molecule has 0 saturated carbocycles. The van der Waals surface area contributed by atoms with Crippen molar-refractivity contribution in [2.75, 3.05) is 23.7 Å². The fraction of sp³-hybridized carbons (Fsp3) is 0.400. The number of carbonyl (C=O) groups excluding carboxylic acids is 1. The molecule has 0 spiro atoms. The molecule has 1 aromatic rings. The summed E-state index contributed by atoms with van der Waals surface area (Å²) < 4.78 is 0. The first kappa shape index (κ1) is 11.3. The van der Waals surface area contributed by atoms with Gasteiger partial charge < -0.3 is 16.4 Å². The molecule has 1 heterocycles. The molecular weight excluding hydrogens is 192 g/mol. The van der Waals surface area contributed by atoms with E-state index in [1.54, 1.807) is 6.07 Å². The molecule has 1 rings (SSSR count). The van der Waals surface area contributed by atoms with Crippen molar-refractivity contribution in [3.05, 3.63) is 17.8 Å². The molecule has 0 bridgehead atoms. The summed E-state index contributed by atoms with van der Waals surface area (Å²) in [5.74, 6) is 0.0957. The van der Waals surface area contributed by atoms with Gasteiger partial charge in [-0.3, -0.25) is 4.79 Å². The van der Waals surface area contributed by atoms with Crippen LogP contribution in [0.15, 0.2) is 12.3 Å². The van der Waals surface area contributed by atoms with Gasteiger partial charge in [-0.05, 0) is 19.9 Å². The van der Waals surface area contributed by atoms with Gasteiger partial charge in [-0.1, -0.05) is 0 Å². The van der Waals surface area contributed by atoms with E-state index in [1.165, 1.54) is 6.20 Å². The van der Waals surface area contributed by atoms with Crippen LogP contribution in [0.4, 0.5) is 11.5 Å². The highest BCUT2D eigenvalue weighted by atomic mass is 16.1. The van der Waals surface area contributed by atoms with E-state index in [2.05, 4.69) is 4.98 Å². The topological polar surface area (TPSA) is 85.2 Å². The lowest BCUT2D eigenvalue weighted by Gasteiger charge is -2.21. The van der Waals surface area contributed by atoms with E-state index in [-0.39, 0.29) is 0 Å². The van der Waals surface area contributed by atoms with Crippen molar-refractivity contribution in [2.24, 2.45) is 5.73 Å². The van der Waals surface area contributed by atoms with Crippen molar-refractivity contribution in [3.63, 3.8) is 0 Å². The van der Waals surface area contributed by atoms with Gasteiger partial charge in [-0.2, -0.15) is 0 Å². The summed E-state index contributed by atoms with van der Waals surface area (Å²) in [4.78, 5) is 17.3. The zero-order chi connectivity index (χ0) is 11.4. The molecule has 0 fully saturated rings. The summed E-state index contributed by atoms with van der Waals surface area (Å²) >= 11 is 0. The van der Waals surface area contributed by atoms with Gasteiger partial charge in [-0.15, -0.1) is 0 Å². The minimum Gasteiger partial charge on any atom is -0.397 e. The quantitative estimate of drug-likeness (QED) is 0.759. The molecule has 1 aromatic heterocycles. The van der Waals surface area contributed by atoms with Crippen LogP contribution in [0.3, 0.4) is 0 Å². The number of nitrogens with zero attached hydrogens (tertiary/aromatic N) is 2. The Morgan fingerprint density at radius 1 is 1.47 bits per heavy atom. The second-order valence-electron chi connectivity index (χ2n) is 3.18. The maximum atomic E-state index is 11.2. The third-order valence-electron chi connectivity index (χ3n) is 2.22. The summed E-state index contributed by atoms with van der Waals surface area (Å²) in [6, 6.07) is 1.56. The van der Waals surface area contributed by atoms with Crippen LogP contribution in [0.25, 0.3) is 0 Å². The van der Waals surface area contributed by atoms with Crippen molar-refractivity contribution in [2.45, 2.75) is 13.8 Å². The molecule has 15 heavy (non-hydrogen) atoms. The minimum absolute atomic E-state index is 0.374. The standard InChI is InChI=1S/C10H16N4O/c1-3-14(4-2)10-8(9(12)15)5-7(11)6-13-10/h5-6H,3-4,11H2,1-2H3,(H2,12,15). The molecule has 0 saturated heterocycles. The first-order valence-corrected chi connectivity index (χ1v) is 4.90. The van der Waals surface area contributed by atoms with Crippen LogP contribution in [0.1, 0.15) is 24.2 Å². The summed E-state index contributed by atoms with van der Waals surface area (Å²) in [6.45, 7) is 5.53. The normalized spacial score (nSPS) is 10.0. The van der Waals surface area contributed by atoms with Gasteiger partial charge in [0.15, 0.2) is 0 Å². The lowest BCUT2D eigenvalue weighted by atomic mass is 10.2. The number of carbonyl (C=O) groups is 1. The molecule has 0 radical (unpaired) electrons. The van der Waals surface area contributed by atoms with Gasteiger partial charge in [0.2, 0.25) is 0 Å². The number of rotatable bonds is 4. The zero-order valence-corrected chi connectivity index (χ0v) is 9.03. The Morgan fingerprint density at radius 3 is 2.53 bits per heavy atom. The summed E-state index contributed by atoms with van der Waals surface area (Å²) in [5.41, 5.74) is 11.6. The predicted octanol–water partition coefficient (Wildman–Crippen LogP) is 0.609. The monoisotopic (exact) mass is 208 g/mol. The van der Waals surface area contributed by atoms with Crippen LogP contribution in [-0.2, 0) is 0 Å². The Bertz CT molecular complexity index is 360. The fourth-order valence-electron chi connectivity index (χ4n) is 1.43. The van der Waals surface area contributed by atoms with Gasteiger partial charge in [-0.25, -0.2) is 4.98 Å². The second kappa shape index (κ2) is 4.63. The van der Waals surface area contributed by atoms with Crippen LogP contribution in [0.2, 0.25) is 0 Å². The van der Waals surface area contributed by atoms with Crippen molar-refractivity contribution in [3.8, 4) is 0 Å². The van der Waals surface area contributed by atoms with Crippen LogP contribution < -0.4 is 16.4 Å². The first-order valence-electron chi connectivity index (χ1n) is 4.90. The number of nitrogen functional groups attached to an aromatic ring is 1. The largest absolute Gasteiger partial charge is 0.397 e. The molecule has 0 aliphatic heterocycles. The van der Waals surface area contributed by atoms with Gasteiger partial charge >= 0.3 is 0 Å². The lowest BCUT2D eigenvalue weighted by Crippen LogP contribution is -2.27. The van der Waals surface area contributed by atoms with Crippen LogP contribution in [0.5, 0.6) is 0 Å². The zero-order valence-electron chi connectivity index (χ0n) is 9.03. The Balaban J connectivity index is 3.21. The average Bonchev–Trinajstić information content (AvgIpc) is 2.21. The number of primary amides is 1. The minimum atomic E-state index is -0.503. The highest BCUT2D eigenvalue weighted by Crippen LogP contribution is 2.18. The van der Waals surface area contributed by atoms with Crippen molar-refractivity contribution < 1.29 is 4.79 Å². The highest BCUT2D eigenvalue weighted by Gasteiger charge is 2.14. The number of hydrogen-bond acceptors (Lipinski definition) is 4. The van der Waals surface area contributed by atoms with Gasteiger partial charge in [0.05, 0.1) is 17.4 Å². The number of hydrogen-bond donors (Lipinski definition) is 2. The molecule has 0 atom stereocenters. The Morgan fingerprint density at radius 2 is 2.07 bits per heavy atom. The van der Waals surface area contributed by atoms with E-state index in [0.29, 0.717) is 17.1 Å². The molecule has 0 aliphatic carbocycles. The molecule has 0 unspecified atom stereocenters. The van der Waals surface area contributed by atoms with E-state index in [0.717, 1.165) is 13.1 Å². The SMILES string of the molecule is CCN(CC)c1ncc(N)cc1C(N)=O. The molecule has 4 N–H and O–H groups in total. The molecule has 0 aromatic carbocycles. The Hall–Kier alpha value is -1.78. The van der Waals surface area contributed by atoms with E-state index >= 15 is 0 Å². The van der Waals surface area contributed by atoms with Crippen molar-refractivity contribution >= 4 is 17.4 Å². The maximum Gasteiger partial charge on any atom is 0.252 e. The van der Waals surface area contributed by atoms with Gasteiger partial charge in [0.1, 0.15) is 5.82 Å². The third-order valence-corrected chi connectivity index (χ3v) is 2.22. The van der Waals surface area contributed by atoms with Gasteiger partial charge in [0, 0.05) is 13.1 Å². The fourth-order valence-corrected chi connectivity index (χ4v) is 1.43. The lowest BCUT2D eigenvalue weighted by molar-refractivity contribution is 0.100. The molecule has 5 heteroatoms. The summed E-state index contributed by atoms with van der Waals surface area (Å²) in [7, 11) is 0. The van der Waals surface area contributed by atoms with Crippen LogP contribution in [-0.4, -0.2) is 24.0 Å². The van der Waals surface area contributed by atoms with E-state index in [1.807, 2.05) is 18.7 Å².